The third kappa shape index (κ3) is 3.69. The summed E-state index contributed by atoms with van der Waals surface area (Å²) in [5.74, 6) is 0.0742. The van der Waals surface area contributed by atoms with Crippen LogP contribution in [0.5, 0.6) is 0 Å². The highest BCUT2D eigenvalue weighted by molar-refractivity contribution is 5.72. The molecule has 0 amide bonds. The van der Waals surface area contributed by atoms with Crippen molar-refractivity contribution in [3.8, 4) is 0 Å². The summed E-state index contributed by atoms with van der Waals surface area (Å²) in [5.41, 5.74) is 0.0663. The zero-order chi connectivity index (χ0) is 13.7. The van der Waals surface area contributed by atoms with E-state index in [0.717, 1.165) is 45.1 Å². The van der Waals surface area contributed by atoms with Crippen LogP contribution in [0.15, 0.2) is 0 Å². The van der Waals surface area contributed by atoms with Gasteiger partial charge in [-0.05, 0) is 45.4 Å². The molecule has 0 aromatic rings. The smallest absolute Gasteiger partial charge is 0.308 e. The molecule has 0 aromatic carbocycles. The van der Waals surface area contributed by atoms with Crippen LogP contribution in [0.25, 0.3) is 0 Å². The lowest BCUT2D eigenvalue weighted by atomic mass is 9.79. The van der Waals surface area contributed by atoms with Crippen molar-refractivity contribution in [2.75, 3.05) is 20.3 Å². The number of methoxy groups -OCH3 is 1. The molecule has 1 N–H and O–H groups in total. The quantitative estimate of drug-likeness (QED) is 0.751. The first-order valence-corrected chi connectivity index (χ1v) is 7.64. The van der Waals surface area contributed by atoms with E-state index in [1.165, 1.54) is 6.42 Å². The molecule has 2 unspecified atom stereocenters. The highest BCUT2D eigenvalue weighted by atomic mass is 16.5. The Morgan fingerprint density at radius 3 is 2.68 bits per heavy atom. The molecule has 2 aliphatic carbocycles. The van der Waals surface area contributed by atoms with Crippen LogP contribution in [0, 0.1) is 5.92 Å². The first-order chi connectivity index (χ1) is 9.19. The largest absolute Gasteiger partial charge is 0.466 e. The average molecular weight is 269 g/mol. The highest BCUT2D eigenvalue weighted by Crippen LogP contribution is 2.35. The highest BCUT2D eigenvalue weighted by Gasteiger charge is 2.38. The van der Waals surface area contributed by atoms with Crippen molar-refractivity contribution < 1.29 is 14.3 Å². The first-order valence-electron chi connectivity index (χ1n) is 7.64. The molecule has 0 aliphatic heterocycles. The summed E-state index contributed by atoms with van der Waals surface area (Å²) >= 11 is 0. The van der Waals surface area contributed by atoms with Gasteiger partial charge in [-0.25, -0.2) is 0 Å². The van der Waals surface area contributed by atoms with E-state index in [1.807, 2.05) is 14.0 Å². The van der Waals surface area contributed by atoms with Crippen LogP contribution in [0.4, 0.5) is 0 Å². The Hall–Kier alpha value is -0.610. The van der Waals surface area contributed by atoms with E-state index >= 15 is 0 Å². The normalized spacial score (nSPS) is 29.6. The van der Waals surface area contributed by atoms with Gasteiger partial charge in [-0.1, -0.05) is 6.42 Å². The van der Waals surface area contributed by atoms with Crippen LogP contribution in [-0.4, -0.2) is 37.9 Å². The van der Waals surface area contributed by atoms with Gasteiger partial charge in [-0.2, -0.15) is 0 Å². The molecule has 2 rings (SSSR count). The lowest BCUT2D eigenvalue weighted by Gasteiger charge is -2.42. The van der Waals surface area contributed by atoms with Crippen LogP contribution < -0.4 is 5.32 Å². The van der Waals surface area contributed by atoms with Gasteiger partial charge >= 0.3 is 5.97 Å². The Bertz CT molecular complexity index is 296. The molecular weight excluding hydrogens is 242 g/mol. The SMILES string of the molecule is CCOC(=O)C1CCCC(NCC2(OC)CCC2)C1. The molecule has 0 spiro atoms. The summed E-state index contributed by atoms with van der Waals surface area (Å²) in [4.78, 5) is 11.8. The van der Waals surface area contributed by atoms with Gasteiger partial charge in [0.25, 0.3) is 0 Å². The average Bonchev–Trinajstić information content (AvgIpc) is 2.39. The van der Waals surface area contributed by atoms with E-state index in [0.29, 0.717) is 12.6 Å². The molecule has 2 fully saturated rings. The molecule has 4 heteroatoms. The Balaban J connectivity index is 1.76. The summed E-state index contributed by atoms with van der Waals surface area (Å²) in [7, 11) is 1.81. The molecule has 0 bridgehead atoms. The third-order valence-electron chi connectivity index (χ3n) is 4.70. The molecule has 4 nitrogen and oxygen atoms in total. The number of esters is 1. The number of nitrogens with one attached hydrogen (secondary N) is 1. The Morgan fingerprint density at radius 2 is 2.11 bits per heavy atom. The summed E-state index contributed by atoms with van der Waals surface area (Å²) < 4.78 is 10.8. The molecule has 0 heterocycles. The minimum absolute atomic E-state index is 0.0147. The number of ether oxygens (including phenoxy) is 2. The van der Waals surface area contributed by atoms with Gasteiger partial charge in [-0.15, -0.1) is 0 Å². The zero-order valence-corrected chi connectivity index (χ0v) is 12.2. The molecular formula is C15H27NO3. The lowest BCUT2D eigenvalue weighted by molar-refractivity contribution is -0.149. The van der Waals surface area contributed by atoms with E-state index in [2.05, 4.69) is 5.32 Å². The van der Waals surface area contributed by atoms with Gasteiger partial charge in [0.05, 0.1) is 18.1 Å². The standard InChI is InChI=1S/C15H27NO3/c1-3-19-14(17)12-6-4-7-13(10-12)16-11-15(18-2)8-5-9-15/h12-13,16H,3-11H2,1-2H3. The fraction of sp³-hybridized carbons (Fsp3) is 0.933. The van der Waals surface area contributed by atoms with Gasteiger partial charge in [0.15, 0.2) is 0 Å². The second-order valence-corrected chi connectivity index (χ2v) is 5.93. The van der Waals surface area contributed by atoms with Gasteiger partial charge in [0.1, 0.15) is 0 Å². The number of rotatable bonds is 6. The minimum atomic E-state index is -0.0147. The van der Waals surface area contributed by atoms with E-state index in [-0.39, 0.29) is 17.5 Å². The van der Waals surface area contributed by atoms with Crippen molar-refractivity contribution in [3.63, 3.8) is 0 Å². The summed E-state index contributed by atoms with van der Waals surface area (Å²) in [5, 5.41) is 3.61. The van der Waals surface area contributed by atoms with Crippen LogP contribution in [0.3, 0.4) is 0 Å². The zero-order valence-electron chi connectivity index (χ0n) is 12.2. The molecule has 19 heavy (non-hydrogen) atoms. The van der Waals surface area contributed by atoms with E-state index < -0.39 is 0 Å². The van der Waals surface area contributed by atoms with Crippen molar-refractivity contribution >= 4 is 5.97 Å². The summed E-state index contributed by atoms with van der Waals surface area (Å²) in [6, 6.07) is 0.441. The molecule has 110 valence electrons. The minimum Gasteiger partial charge on any atom is -0.466 e. The molecule has 2 aliphatic rings. The van der Waals surface area contributed by atoms with Crippen LogP contribution in [-0.2, 0) is 14.3 Å². The molecule has 2 saturated carbocycles. The molecule has 2 atom stereocenters. The number of carbonyl (C=O) groups is 1. The van der Waals surface area contributed by atoms with E-state index in [9.17, 15) is 4.79 Å². The fourth-order valence-electron chi connectivity index (χ4n) is 3.20. The van der Waals surface area contributed by atoms with Crippen molar-refractivity contribution in [3.05, 3.63) is 0 Å². The summed E-state index contributed by atoms with van der Waals surface area (Å²) in [6.07, 6.45) is 7.75. The second-order valence-electron chi connectivity index (χ2n) is 5.93. The maximum Gasteiger partial charge on any atom is 0.308 e. The Morgan fingerprint density at radius 1 is 1.32 bits per heavy atom. The van der Waals surface area contributed by atoms with Crippen molar-refractivity contribution in [2.45, 2.75) is 63.5 Å². The lowest BCUT2D eigenvalue weighted by Crippen LogP contribution is -2.51. The van der Waals surface area contributed by atoms with Gasteiger partial charge in [0, 0.05) is 19.7 Å². The third-order valence-corrected chi connectivity index (χ3v) is 4.70. The maximum atomic E-state index is 11.8. The molecule has 0 radical (unpaired) electrons. The Labute approximate surface area is 116 Å². The van der Waals surface area contributed by atoms with Gasteiger partial charge < -0.3 is 14.8 Å². The van der Waals surface area contributed by atoms with E-state index in [4.69, 9.17) is 9.47 Å². The van der Waals surface area contributed by atoms with Crippen molar-refractivity contribution in [1.29, 1.82) is 0 Å². The van der Waals surface area contributed by atoms with Crippen molar-refractivity contribution in [2.24, 2.45) is 5.92 Å². The first kappa shape index (κ1) is 14.8. The van der Waals surface area contributed by atoms with E-state index in [1.54, 1.807) is 0 Å². The summed E-state index contributed by atoms with van der Waals surface area (Å²) in [6.45, 7) is 3.28. The molecule has 0 aromatic heterocycles. The topological polar surface area (TPSA) is 47.6 Å². The number of hydrogen-bond acceptors (Lipinski definition) is 4. The van der Waals surface area contributed by atoms with Gasteiger partial charge in [-0.3, -0.25) is 4.79 Å². The van der Waals surface area contributed by atoms with Crippen LogP contribution in [0.1, 0.15) is 51.9 Å². The maximum absolute atomic E-state index is 11.8. The van der Waals surface area contributed by atoms with Crippen LogP contribution >= 0.6 is 0 Å². The number of hydrogen-bond donors (Lipinski definition) is 1. The molecule has 0 saturated heterocycles. The van der Waals surface area contributed by atoms with Gasteiger partial charge in [0.2, 0.25) is 0 Å². The second kappa shape index (κ2) is 6.71. The van der Waals surface area contributed by atoms with Crippen molar-refractivity contribution in [1.82, 2.24) is 5.32 Å². The fourth-order valence-corrected chi connectivity index (χ4v) is 3.20. The van der Waals surface area contributed by atoms with Crippen LogP contribution in [0.2, 0.25) is 0 Å². The monoisotopic (exact) mass is 269 g/mol. The number of carbonyl (C=O) groups excluding carboxylic acids is 1. The predicted molar refractivity (Wildman–Crippen MR) is 74.0 cm³/mol. The predicted octanol–water partition coefficient (Wildman–Crippen LogP) is 2.27. The Kier molecular flexibility index (Phi) is 5.22.